The van der Waals surface area contributed by atoms with Crippen LogP contribution in [0.15, 0.2) is 0 Å². The second-order valence-corrected chi connectivity index (χ2v) is 7.60. The zero-order valence-corrected chi connectivity index (χ0v) is 16.4. The van der Waals surface area contributed by atoms with Crippen molar-refractivity contribution in [1.82, 2.24) is 20.4 Å². The summed E-state index contributed by atoms with van der Waals surface area (Å²) < 4.78 is 0. The first-order chi connectivity index (χ1) is 12.1. The van der Waals surface area contributed by atoms with Gasteiger partial charge >= 0.3 is 6.03 Å². The fourth-order valence-corrected chi connectivity index (χ4v) is 4.28. The maximum atomic E-state index is 12.7. The van der Waals surface area contributed by atoms with Gasteiger partial charge in [-0.3, -0.25) is 14.5 Å². The monoisotopic (exact) mass is 386 g/mol. The van der Waals surface area contributed by atoms with Crippen molar-refractivity contribution in [1.29, 1.82) is 0 Å². The number of amides is 4. The topological polar surface area (TPSA) is 81.8 Å². The van der Waals surface area contributed by atoms with Crippen molar-refractivity contribution < 1.29 is 14.4 Å². The molecule has 1 spiro atoms. The molecule has 0 radical (unpaired) electrons. The fourth-order valence-electron chi connectivity index (χ4n) is 4.28. The van der Waals surface area contributed by atoms with Gasteiger partial charge in [-0.1, -0.05) is 26.2 Å². The summed E-state index contributed by atoms with van der Waals surface area (Å²) in [5.41, 5.74) is -0.742. The fraction of sp³-hybridized carbons (Fsp3) is 0.833. The van der Waals surface area contributed by atoms with Crippen molar-refractivity contribution in [3.8, 4) is 0 Å². The molecular formula is C18H31ClN4O3. The number of piperidine rings is 1. The highest BCUT2D eigenvalue weighted by molar-refractivity contribution is 6.09. The molecule has 3 rings (SSSR count). The Kier molecular flexibility index (Phi) is 7.29. The van der Waals surface area contributed by atoms with E-state index in [0.29, 0.717) is 31.8 Å². The SMILES string of the molecule is CCNCC1CCN(C(=O)CN2C(=O)NC3(CCCCC3)C2=O)CC1.Cl. The number of likely N-dealkylation sites (tertiary alicyclic amines) is 1. The second kappa shape index (κ2) is 9.04. The van der Waals surface area contributed by atoms with Gasteiger partial charge in [0.1, 0.15) is 12.1 Å². The van der Waals surface area contributed by atoms with Crippen molar-refractivity contribution in [3.63, 3.8) is 0 Å². The highest BCUT2D eigenvalue weighted by atomic mass is 35.5. The van der Waals surface area contributed by atoms with E-state index in [2.05, 4.69) is 17.6 Å². The predicted octanol–water partition coefficient (Wildman–Crippen LogP) is 1.51. The van der Waals surface area contributed by atoms with Crippen molar-refractivity contribution in [3.05, 3.63) is 0 Å². The standard InChI is InChI=1S/C18H30N4O3.ClH/c1-2-19-12-14-6-10-21(11-7-14)15(23)13-22-16(24)18(20-17(22)25)8-4-3-5-9-18;/h14,19H,2-13H2,1H3,(H,20,25);1H. The van der Waals surface area contributed by atoms with E-state index in [-0.39, 0.29) is 30.8 Å². The van der Waals surface area contributed by atoms with Crippen LogP contribution in [0.1, 0.15) is 51.9 Å². The van der Waals surface area contributed by atoms with E-state index in [1.54, 1.807) is 4.90 Å². The summed E-state index contributed by atoms with van der Waals surface area (Å²) in [6.45, 7) is 5.36. The zero-order chi connectivity index (χ0) is 17.9. The minimum absolute atomic E-state index is 0. The molecule has 2 aliphatic heterocycles. The molecule has 3 fully saturated rings. The third-order valence-electron chi connectivity index (χ3n) is 5.90. The molecule has 0 aromatic carbocycles. The van der Waals surface area contributed by atoms with E-state index in [9.17, 15) is 14.4 Å². The van der Waals surface area contributed by atoms with Gasteiger partial charge in [0.2, 0.25) is 5.91 Å². The first kappa shape index (κ1) is 21.0. The minimum Gasteiger partial charge on any atom is -0.341 e. The summed E-state index contributed by atoms with van der Waals surface area (Å²) >= 11 is 0. The molecule has 0 bridgehead atoms. The molecule has 0 aromatic rings. The van der Waals surface area contributed by atoms with Crippen LogP contribution in [0.5, 0.6) is 0 Å². The number of urea groups is 1. The molecule has 1 aliphatic carbocycles. The lowest BCUT2D eigenvalue weighted by molar-refractivity contribution is -0.140. The van der Waals surface area contributed by atoms with E-state index in [4.69, 9.17) is 0 Å². The van der Waals surface area contributed by atoms with Crippen molar-refractivity contribution in [2.24, 2.45) is 5.92 Å². The van der Waals surface area contributed by atoms with Crippen molar-refractivity contribution in [2.45, 2.75) is 57.4 Å². The number of hydrogen-bond acceptors (Lipinski definition) is 4. The van der Waals surface area contributed by atoms with E-state index in [0.717, 1.165) is 50.1 Å². The number of imide groups is 1. The average Bonchev–Trinajstić information content (AvgIpc) is 2.85. The molecule has 3 aliphatic rings. The van der Waals surface area contributed by atoms with Gasteiger partial charge < -0.3 is 15.5 Å². The summed E-state index contributed by atoms with van der Waals surface area (Å²) in [5, 5.41) is 6.22. The largest absolute Gasteiger partial charge is 0.341 e. The number of rotatable bonds is 5. The molecule has 0 aromatic heterocycles. The van der Waals surface area contributed by atoms with E-state index >= 15 is 0 Å². The smallest absolute Gasteiger partial charge is 0.325 e. The molecule has 148 valence electrons. The zero-order valence-electron chi connectivity index (χ0n) is 15.6. The van der Waals surface area contributed by atoms with E-state index in [1.165, 1.54) is 0 Å². The molecule has 4 amide bonds. The molecule has 2 heterocycles. The Morgan fingerprint density at radius 3 is 2.46 bits per heavy atom. The van der Waals surface area contributed by atoms with Gasteiger partial charge in [0.15, 0.2) is 0 Å². The van der Waals surface area contributed by atoms with Crippen LogP contribution >= 0.6 is 12.4 Å². The van der Waals surface area contributed by atoms with Gasteiger partial charge in [-0.15, -0.1) is 12.4 Å². The van der Waals surface area contributed by atoms with E-state index < -0.39 is 11.6 Å². The maximum absolute atomic E-state index is 12.7. The first-order valence-electron chi connectivity index (χ1n) is 9.68. The lowest BCUT2D eigenvalue weighted by atomic mass is 9.82. The molecule has 0 unspecified atom stereocenters. The van der Waals surface area contributed by atoms with Gasteiger partial charge in [-0.2, -0.15) is 0 Å². The van der Waals surface area contributed by atoms with E-state index in [1.807, 2.05) is 0 Å². The number of nitrogens with zero attached hydrogens (tertiary/aromatic N) is 2. The van der Waals surface area contributed by atoms with Crippen molar-refractivity contribution in [2.75, 3.05) is 32.7 Å². The number of nitrogens with one attached hydrogen (secondary N) is 2. The highest BCUT2D eigenvalue weighted by Crippen LogP contribution is 2.33. The van der Waals surface area contributed by atoms with Gasteiger partial charge in [-0.05, 0) is 44.7 Å². The Morgan fingerprint density at radius 2 is 1.85 bits per heavy atom. The van der Waals surface area contributed by atoms with Crippen LogP contribution in [-0.4, -0.2) is 65.9 Å². The number of halogens is 1. The Balaban J connectivity index is 0.00000243. The first-order valence-corrected chi connectivity index (χ1v) is 9.68. The molecule has 2 N–H and O–H groups in total. The van der Waals surface area contributed by atoms with Crippen LogP contribution in [0.3, 0.4) is 0 Å². The average molecular weight is 387 g/mol. The van der Waals surface area contributed by atoms with Crippen LogP contribution in [0.25, 0.3) is 0 Å². The third kappa shape index (κ3) is 4.31. The molecular weight excluding hydrogens is 356 g/mol. The molecule has 1 saturated carbocycles. The summed E-state index contributed by atoms with van der Waals surface area (Å²) in [6.07, 6.45) is 6.34. The number of carbonyl (C=O) groups excluding carboxylic acids is 3. The molecule has 26 heavy (non-hydrogen) atoms. The lowest BCUT2D eigenvalue weighted by Gasteiger charge is -2.33. The Hall–Kier alpha value is -1.34. The van der Waals surface area contributed by atoms with Crippen LogP contribution in [-0.2, 0) is 9.59 Å². The van der Waals surface area contributed by atoms with Crippen LogP contribution in [0.2, 0.25) is 0 Å². The summed E-state index contributed by atoms with van der Waals surface area (Å²) in [7, 11) is 0. The Labute approximate surface area is 161 Å². The van der Waals surface area contributed by atoms with Crippen molar-refractivity contribution >= 4 is 30.3 Å². The van der Waals surface area contributed by atoms with Gasteiger partial charge in [0, 0.05) is 13.1 Å². The summed E-state index contributed by atoms with van der Waals surface area (Å²) in [6, 6.07) is -0.401. The van der Waals surface area contributed by atoms with Crippen LogP contribution in [0.4, 0.5) is 4.79 Å². The third-order valence-corrected chi connectivity index (χ3v) is 5.90. The quantitative estimate of drug-likeness (QED) is 0.702. The maximum Gasteiger partial charge on any atom is 0.325 e. The molecule has 7 nitrogen and oxygen atoms in total. The Bertz CT molecular complexity index is 529. The minimum atomic E-state index is -0.742. The van der Waals surface area contributed by atoms with Gasteiger partial charge in [0.05, 0.1) is 0 Å². The Morgan fingerprint density at radius 1 is 1.19 bits per heavy atom. The molecule has 0 atom stereocenters. The number of hydrogen-bond donors (Lipinski definition) is 2. The van der Waals surface area contributed by atoms with Crippen LogP contribution in [0, 0.1) is 5.92 Å². The molecule has 8 heteroatoms. The van der Waals surface area contributed by atoms with Crippen LogP contribution < -0.4 is 10.6 Å². The predicted molar refractivity (Wildman–Crippen MR) is 101 cm³/mol. The molecule has 2 saturated heterocycles. The van der Waals surface area contributed by atoms with Gasteiger partial charge in [0.25, 0.3) is 5.91 Å². The summed E-state index contributed by atoms with van der Waals surface area (Å²) in [5.74, 6) is 0.289. The highest BCUT2D eigenvalue weighted by Gasteiger charge is 2.51. The van der Waals surface area contributed by atoms with Gasteiger partial charge in [-0.25, -0.2) is 4.79 Å². The normalized spacial score (nSPS) is 23.1. The second-order valence-electron chi connectivity index (χ2n) is 7.60. The number of carbonyl (C=O) groups is 3. The summed E-state index contributed by atoms with van der Waals surface area (Å²) in [4.78, 5) is 40.5. The lowest BCUT2D eigenvalue weighted by Crippen LogP contribution is -2.49.